The fourth-order valence-electron chi connectivity index (χ4n) is 1.26. The molecule has 1 heterocycles. The van der Waals surface area contributed by atoms with Gasteiger partial charge in [0.25, 0.3) is 0 Å². The van der Waals surface area contributed by atoms with Crippen molar-refractivity contribution in [3.05, 3.63) is 36.9 Å². The summed E-state index contributed by atoms with van der Waals surface area (Å²) in [6, 6.07) is 7.83. The molecule has 1 aromatic heterocycles. The van der Waals surface area contributed by atoms with Crippen LogP contribution in [0.25, 0.3) is 11.0 Å². The maximum absolute atomic E-state index is 5.12. The fraction of sp³-hybridized carbons (Fsp3) is 0.200. The summed E-state index contributed by atoms with van der Waals surface area (Å²) in [5.41, 5.74) is 1.77. The SMILES string of the molecule is [CH2]C(C)c1noc2ccccc12. The van der Waals surface area contributed by atoms with Crippen molar-refractivity contribution in [2.45, 2.75) is 12.8 Å². The third kappa shape index (κ3) is 0.998. The van der Waals surface area contributed by atoms with Crippen LogP contribution in [0.5, 0.6) is 0 Å². The molecule has 0 saturated heterocycles. The predicted octanol–water partition coefficient (Wildman–Crippen LogP) is 2.77. The minimum absolute atomic E-state index is 0.175. The Balaban J connectivity index is 2.70. The van der Waals surface area contributed by atoms with E-state index in [1.165, 1.54) is 0 Å². The fourth-order valence-corrected chi connectivity index (χ4v) is 1.26. The molecular weight excluding hydrogens is 150 g/mol. The van der Waals surface area contributed by atoms with Gasteiger partial charge in [-0.15, -0.1) is 0 Å². The third-order valence-electron chi connectivity index (χ3n) is 1.87. The van der Waals surface area contributed by atoms with Gasteiger partial charge in [-0.25, -0.2) is 0 Å². The Hall–Kier alpha value is -1.31. The van der Waals surface area contributed by atoms with Gasteiger partial charge >= 0.3 is 0 Å². The second-order valence-electron chi connectivity index (χ2n) is 2.97. The van der Waals surface area contributed by atoms with Crippen LogP contribution in [0, 0.1) is 6.92 Å². The van der Waals surface area contributed by atoms with E-state index in [9.17, 15) is 0 Å². The van der Waals surface area contributed by atoms with Crippen molar-refractivity contribution >= 4 is 11.0 Å². The van der Waals surface area contributed by atoms with Crippen molar-refractivity contribution in [1.82, 2.24) is 5.16 Å². The van der Waals surface area contributed by atoms with Gasteiger partial charge in [-0.3, -0.25) is 0 Å². The zero-order chi connectivity index (χ0) is 8.55. The number of para-hydroxylation sites is 1. The topological polar surface area (TPSA) is 26.0 Å². The standard InChI is InChI=1S/C10H10NO/c1-7(2)10-8-5-3-4-6-9(8)12-11-10/h3-7H,1H2,2H3. The van der Waals surface area contributed by atoms with Gasteiger partial charge in [-0.05, 0) is 19.1 Å². The van der Waals surface area contributed by atoms with Crippen LogP contribution in [0.4, 0.5) is 0 Å². The maximum Gasteiger partial charge on any atom is 0.167 e. The first-order valence-corrected chi connectivity index (χ1v) is 3.96. The second kappa shape index (κ2) is 2.63. The van der Waals surface area contributed by atoms with Crippen molar-refractivity contribution in [3.63, 3.8) is 0 Å². The highest BCUT2D eigenvalue weighted by Gasteiger charge is 2.09. The molecule has 0 aliphatic heterocycles. The van der Waals surface area contributed by atoms with Crippen LogP contribution in [-0.2, 0) is 0 Å². The van der Waals surface area contributed by atoms with Crippen LogP contribution in [-0.4, -0.2) is 5.16 Å². The Morgan fingerprint density at radius 1 is 1.42 bits per heavy atom. The molecule has 0 amide bonds. The Morgan fingerprint density at radius 2 is 2.17 bits per heavy atom. The average molecular weight is 160 g/mol. The van der Waals surface area contributed by atoms with Crippen molar-refractivity contribution in [2.24, 2.45) is 0 Å². The number of hydrogen-bond acceptors (Lipinski definition) is 2. The lowest BCUT2D eigenvalue weighted by atomic mass is 10.1. The molecule has 0 bridgehead atoms. The van der Waals surface area contributed by atoms with Gasteiger partial charge in [0.05, 0.1) is 5.69 Å². The van der Waals surface area contributed by atoms with Crippen LogP contribution >= 0.6 is 0 Å². The molecule has 0 spiro atoms. The molecule has 12 heavy (non-hydrogen) atoms. The minimum atomic E-state index is 0.175. The zero-order valence-corrected chi connectivity index (χ0v) is 6.95. The molecule has 0 saturated carbocycles. The molecule has 0 N–H and O–H groups in total. The Bertz CT molecular complexity index is 389. The monoisotopic (exact) mass is 160 g/mol. The number of hydrogen-bond donors (Lipinski definition) is 0. The first kappa shape index (κ1) is 7.35. The molecule has 1 unspecified atom stereocenters. The molecule has 1 aromatic carbocycles. The Kier molecular flexibility index (Phi) is 1.61. The van der Waals surface area contributed by atoms with E-state index in [1.807, 2.05) is 31.2 Å². The van der Waals surface area contributed by atoms with Crippen LogP contribution in [0.3, 0.4) is 0 Å². The summed E-state index contributed by atoms with van der Waals surface area (Å²) in [7, 11) is 0. The highest BCUT2D eigenvalue weighted by molar-refractivity contribution is 5.79. The van der Waals surface area contributed by atoms with Gasteiger partial charge in [-0.1, -0.05) is 24.2 Å². The lowest BCUT2D eigenvalue weighted by molar-refractivity contribution is 0.444. The number of rotatable bonds is 1. The van der Waals surface area contributed by atoms with Gasteiger partial charge in [-0.2, -0.15) is 0 Å². The first-order chi connectivity index (χ1) is 5.79. The number of fused-ring (bicyclic) bond motifs is 1. The highest BCUT2D eigenvalue weighted by Crippen LogP contribution is 2.23. The lowest BCUT2D eigenvalue weighted by Crippen LogP contribution is -1.86. The molecule has 0 aliphatic carbocycles. The van der Waals surface area contributed by atoms with E-state index in [1.54, 1.807) is 0 Å². The number of benzene rings is 1. The van der Waals surface area contributed by atoms with Gasteiger partial charge in [0.2, 0.25) is 0 Å². The van der Waals surface area contributed by atoms with Crippen LogP contribution in [0.2, 0.25) is 0 Å². The summed E-state index contributed by atoms with van der Waals surface area (Å²) in [6.07, 6.45) is 0. The maximum atomic E-state index is 5.12. The Morgan fingerprint density at radius 3 is 2.92 bits per heavy atom. The smallest absolute Gasteiger partial charge is 0.167 e. The van der Waals surface area contributed by atoms with Gasteiger partial charge < -0.3 is 4.52 Å². The van der Waals surface area contributed by atoms with Gasteiger partial charge in [0.15, 0.2) is 5.58 Å². The van der Waals surface area contributed by atoms with E-state index < -0.39 is 0 Å². The van der Waals surface area contributed by atoms with E-state index in [0.29, 0.717) is 0 Å². The molecule has 0 aliphatic rings. The first-order valence-electron chi connectivity index (χ1n) is 3.96. The molecular formula is C10H10NO. The number of aromatic nitrogens is 1. The molecule has 61 valence electrons. The van der Waals surface area contributed by atoms with Crippen molar-refractivity contribution in [1.29, 1.82) is 0 Å². The van der Waals surface area contributed by atoms with Gasteiger partial charge in [0.1, 0.15) is 0 Å². The molecule has 2 rings (SSSR count). The van der Waals surface area contributed by atoms with Crippen molar-refractivity contribution in [2.75, 3.05) is 0 Å². The normalized spacial score (nSPS) is 11.2. The van der Waals surface area contributed by atoms with E-state index >= 15 is 0 Å². The third-order valence-corrected chi connectivity index (χ3v) is 1.87. The van der Waals surface area contributed by atoms with Crippen molar-refractivity contribution < 1.29 is 4.52 Å². The molecule has 1 atom stereocenters. The van der Waals surface area contributed by atoms with E-state index in [2.05, 4.69) is 12.1 Å². The van der Waals surface area contributed by atoms with Crippen LogP contribution < -0.4 is 0 Å². The lowest BCUT2D eigenvalue weighted by Gasteiger charge is -1.96. The van der Waals surface area contributed by atoms with Crippen molar-refractivity contribution in [3.8, 4) is 0 Å². The largest absolute Gasteiger partial charge is 0.356 e. The number of nitrogens with zero attached hydrogens (tertiary/aromatic N) is 1. The van der Waals surface area contributed by atoms with Crippen LogP contribution in [0.1, 0.15) is 18.5 Å². The summed E-state index contributed by atoms with van der Waals surface area (Å²) in [6.45, 7) is 5.91. The summed E-state index contributed by atoms with van der Waals surface area (Å²) in [4.78, 5) is 0. The zero-order valence-electron chi connectivity index (χ0n) is 6.95. The average Bonchev–Trinajstić information content (AvgIpc) is 2.47. The molecule has 1 radical (unpaired) electrons. The van der Waals surface area contributed by atoms with Crippen LogP contribution in [0.15, 0.2) is 28.8 Å². The predicted molar refractivity (Wildman–Crippen MR) is 47.8 cm³/mol. The minimum Gasteiger partial charge on any atom is -0.356 e. The summed E-state index contributed by atoms with van der Waals surface area (Å²) >= 11 is 0. The molecule has 2 heteroatoms. The molecule has 0 fully saturated rings. The van der Waals surface area contributed by atoms with E-state index in [4.69, 9.17) is 4.52 Å². The quantitative estimate of drug-likeness (QED) is 0.641. The van der Waals surface area contributed by atoms with E-state index in [-0.39, 0.29) is 5.92 Å². The Labute approximate surface area is 71.2 Å². The molecule has 2 nitrogen and oxygen atoms in total. The second-order valence-corrected chi connectivity index (χ2v) is 2.97. The van der Waals surface area contributed by atoms with E-state index in [0.717, 1.165) is 16.7 Å². The summed E-state index contributed by atoms with van der Waals surface area (Å²) in [5, 5.41) is 5.03. The summed E-state index contributed by atoms with van der Waals surface area (Å²) in [5.74, 6) is 0.175. The summed E-state index contributed by atoms with van der Waals surface area (Å²) < 4.78 is 5.12. The highest BCUT2D eigenvalue weighted by atomic mass is 16.5. The van der Waals surface area contributed by atoms with Gasteiger partial charge in [0, 0.05) is 11.3 Å². The molecule has 2 aromatic rings.